The minimum absolute atomic E-state index is 0.752. The van der Waals surface area contributed by atoms with Gasteiger partial charge < -0.3 is 9.47 Å². The van der Waals surface area contributed by atoms with E-state index in [0.717, 1.165) is 24.5 Å². The van der Waals surface area contributed by atoms with Gasteiger partial charge in [-0.15, -0.1) is 0 Å². The smallest absolute Gasteiger partial charge is 0.126 e. The van der Waals surface area contributed by atoms with Gasteiger partial charge in [0.1, 0.15) is 11.5 Å². The van der Waals surface area contributed by atoms with Gasteiger partial charge in [0, 0.05) is 0 Å². The van der Waals surface area contributed by atoms with E-state index in [0.29, 0.717) is 0 Å². The van der Waals surface area contributed by atoms with Crippen molar-refractivity contribution in [2.75, 3.05) is 6.61 Å². The molecule has 0 bridgehead atoms. The van der Waals surface area contributed by atoms with Crippen molar-refractivity contribution in [2.24, 2.45) is 0 Å². The number of rotatable bonds is 5. The highest BCUT2D eigenvalue weighted by Crippen LogP contribution is 2.17. The lowest BCUT2D eigenvalue weighted by Gasteiger charge is -2.04. The molecule has 0 aliphatic heterocycles. The molecule has 1 rings (SSSR count). The lowest BCUT2D eigenvalue weighted by molar-refractivity contribution is 0.317. The van der Waals surface area contributed by atoms with E-state index in [2.05, 4.69) is 13.5 Å². The van der Waals surface area contributed by atoms with E-state index in [9.17, 15) is 0 Å². The first-order valence-corrected chi connectivity index (χ1v) is 4.37. The van der Waals surface area contributed by atoms with Gasteiger partial charge in [-0.05, 0) is 30.7 Å². The molecule has 0 unspecified atom stereocenters. The molecular formula is C11H14O2. The molecule has 2 heteroatoms. The van der Waals surface area contributed by atoms with Crippen LogP contribution in [0.1, 0.15) is 13.3 Å². The van der Waals surface area contributed by atoms with Gasteiger partial charge in [0.25, 0.3) is 0 Å². The van der Waals surface area contributed by atoms with Gasteiger partial charge >= 0.3 is 0 Å². The van der Waals surface area contributed by atoms with Crippen molar-refractivity contribution in [2.45, 2.75) is 13.3 Å². The van der Waals surface area contributed by atoms with Gasteiger partial charge in [0.2, 0.25) is 0 Å². The highest BCUT2D eigenvalue weighted by molar-refractivity contribution is 5.31. The summed E-state index contributed by atoms with van der Waals surface area (Å²) in [6, 6.07) is 7.47. The zero-order valence-electron chi connectivity index (χ0n) is 7.82. The first-order chi connectivity index (χ1) is 6.36. The quantitative estimate of drug-likeness (QED) is 0.645. The summed E-state index contributed by atoms with van der Waals surface area (Å²) in [5.41, 5.74) is 0. The van der Waals surface area contributed by atoms with Crippen LogP contribution in [-0.2, 0) is 0 Å². The third-order valence-electron chi connectivity index (χ3n) is 1.52. The fraction of sp³-hybridized carbons (Fsp3) is 0.273. The second-order valence-corrected chi connectivity index (χ2v) is 2.60. The lowest BCUT2D eigenvalue weighted by Crippen LogP contribution is -1.94. The van der Waals surface area contributed by atoms with Crippen molar-refractivity contribution in [1.29, 1.82) is 0 Å². The fourth-order valence-corrected chi connectivity index (χ4v) is 0.931. The molecule has 0 amide bonds. The SMILES string of the molecule is C=COc1ccc(OCCC)cc1. The predicted octanol–water partition coefficient (Wildman–Crippen LogP) is 3.00. The molecule has 0 saturated heterocycles. The van der Waals surface area contributed by atoms with Crippen LogP contribution < -0.4 is 9.47 Å². The van der Waals surface area contributed by atoms with Crippen molar-refractivity contribution < 1.29 is 9.47 Å². The zero-order chi connectivity index (χ0) is 9.52. The van der Waals surface area contributed by atoms with E-state index < -0.39 is 0 Å². The normalized spacial score (nSPS) is 9.31. The Kier molecular flexibility index (Phi) is 3.89. The topological polar surface area (TPSA) is 18.5 Å². The summed E-state index contributed by atoms with van der Waals surface area (Å²) in [6.07, 6.45) is 2.42. The molecule has 0 heterocycles. The Morgan fingerprint density at radius 1 is 1.23 bits per heavy atom. The van der Waals surface area contributed by atoms with E-state index in [-0.39, 0.29) is 0 Å². The van der Waals surface area contributed by atoms with Crippen LogP contribution in [0.25, 0.3) is 0 Å². The van der Waals surface area contributed by atoms with Crippen LogP contribution in [0, 0.1) is 0 Å². The van der Waals surface area contributed by atoms with Crippen molar-refractivity contribution in [1.82, 2.24) is 0 Å². The molecule has 0 aromatic heterocycles. The lowest BCUT2D eigenvalue weighted by atomic mass is 10.3. The van der Waals surface area contributed by atoms with Crippen LogP contribution in [0.3, 0.4) is 0 Å². The third kappa shape index (κ3) is 3.20. The number of hydrogen-bond donors (Lipinski definition) is 0. The van der Waals surface area contributed by atoms with Crippen molar-refractivity contribution in [3.63, 3.8) is 0 Å². The summed E-state index contributed by atoms with van der Waals surface area (Å²) in [5, 5.41) is 0. The molecule has 70 valence electrons. The van der Waals surface area contributed by atoms with Crippen LogP contribution in [-0.4, -0.2) is 6.61 Å². The largest absolute Gasteiger partial charge is 0.494 e. The molecule has 2 nitrogen and oxygen atoms in total. The Morgan fingerprint density at radius 2 is 1.85 bits per heavy atom. The first-order valence-electron chi connectivity index (χ1n) is 4.37. The van der Waals surface area contributed by atoms with Gasteiger partial charge in [0.05, 0.1) is 12.9 Å². The Bertz CT molecular complexity index is 251. The highest BCUT2D eigenvalue weighted by atomic mass is 16.5. The number of ether oxygens (including phenoxy) is 2. The van der Waals surface area contributed by atoms with Gasteiger partial charge in [-0.25, -0.2) is 0 Å². The summed E-state index contributed by atoms with van der Waals surface area (Å²) in [7, 11) is 0. The molecule has 1 aromatic rings. The standard InChI is InChI=1S/C11H14O2/c1-3-9-13-11-7-5-10(6-8-11)12-4-2/h4-8H,2-3,9H2,1H3. The van der Waals surface area contributed by atoms with Crippen LogP contribution >= 0.6 is 0 Å². The minimum Gasteiger partial charge on any atom is -0.494 e. The Morgan fingerprint density at radius 3 is 2.38 bits per heavy atom. The average Bonchev–Trinajstić information content (AvgIpc) is 2.17. The second-order valence-electron chi connectivity index (χ2n) is 2.60. The molecular weight excluding hydrogens is 164 g/mol. The maximum Gasteiger partial charge on any atom is 0.126 e. The Hall–Kier alpha value is -1.44. The van der Waals surface area contributed by atoms with E-state index in [1.807, 2.05) is 24.3 Å². The molecule has 0 fully saturated rings. The molecule has 0 aliphatic rings. The maximum atomic E-state index is 5.41. The summed E-state index contributed by atoms with van der Waals surface area (Å²) in [4.78, 5) is 0. The molecule has 1 aromatic carbocycles. The van der Waals surface area contributed by atoms with Gasteiger partial charge in [-0.2, -0.15) is 0 Å². The van der Waals surface area contributed by atoms with Crippen molar-refractivity contribution in [3.8, 4) is 11.5 Å². The third-order valence-corrected chi connectivity index (χ3v) is 1.52. The summed E-state index contributed by atoms with van der Waals surface area (Å²) >= 11 is 0. The molecule has 0 radical (unpaired) electrons. The molecule has 0 saturated carbocycles. The Balaban J connectivity index is 2.53. The van der Waals surface area contributed by atoms with Gasteiger partial charge in [0.15, 0.2) is 0 Å². The number of hydrogen-bond acceptors (Lipinski definition) is 2. The molecule has 0 aliphatic carbocycles. The fourth-order valence-electron chi connectivity index (χ4n) is 0.931. The first kappa shape index (κ1) is 9.65. The minimum atomic E-state index is 0.752. The van der Waals surface area contributed by atoms with Crippen LogP contribution in [0.5, 0.6) is 11.5 Å². The molecule has 0 N–H and O–H groups in total. The van der Waals surface area contributed by atoms with E-state index >= 15 is 0 Å². The average molecular weight is 178 g/mol. The second kappa shape index (κ2) is 5.25. The van der Waals surface area contributed by atoms with Crippen molar-refractivity contribution in [3.05, 3.63) is 37.1 Å². The molecule has 0 spiro atoms. The monoisotopic (exact) mass is 178 g/mol. The van der Waals surface area contributed by atoms with E-state index in [4.69, 9.17) is 9.47 Å². The molecule has 0 atom stereocenters. The number of benzene rings is 1. The predicted molar refractivity (Wildman–Crippen MR) is 53.1 cm³/mol. The molecule has 13 heavy (non-hydrogen) atoms. The van der Waals surface area contributed by atoms with Gasteiger partial charge in [-0.3, -0.25) is 0 Å². The van der Waals surface area contributed by atoms with Crippen molar-refractivity contribution >= 4 is 0 Å². The van der Waals surface area contributed by atoms with Crippen LogP contribution in [0.4, 0.5) is 0 Å². The zero-order valence-corrected chi connectivity index (χ0v) is 7.82. The Labute approximate surface area is 78.8 Å². The highest BCUT2D eigenvalue weighted by Gasteiger charge is 1.93. The summed E-state index contributed by atoms with van der Waals surface area (Å²) in [5.74, 6) is 1.65. The maximum absolute atomic E-state index is 5.41. The van der Waals surface area contributed by atoms with Crippen LogP contribution in [0.2, 0.25) is 0 Å². The van der Waals surface area contributed by atoms with E-state index in [1.54, 1.807) is 0 Å². The van der Waals surface area contributed by atoms with E-state index in [1.165, 1.54) is 6.26 Å². The van der Waals surface area contributed by atoms with Crippen LogP contribution in [0.15, 0.2) is 37.1 Å². The summed E-state index contributed by atoms with van der Waals surface area (Å²) in [6.45, 7) is 6.30. The van der Waals surface area contributed by atoms with Gasteiger partial charge in [-0.1, -0.05) is 13.5 Å². The summed E-state index contributed by atoms with van der Waals surface area (Å²) < 4.78 is 10.5.